The van der Waals surface area contributed by atoms with Gasteiger partial charge in [-0.1, -0.05) is 12.1 Å². The lowest BCUT2D eigenvalue weighted by Gasteiger charge is -2.32. The Hall–Kier alpha value is -1.92. The molecule has 24 heavy (non-hydrogen) atoms. The molecule has 0 saturated carbocycles. The molecule has 2 saturated heterocycles. The lowest BCUT2D eigenvalue weighted by atomic mass is 10.1. The molecule has 2 aromatic rings. The van der Waals surface area contributed by atoms with Gasteiger partial charge in [-0.25, -0.2) is 4.39 Å². The van der Waals surface area contributed by atoms with Crippen LogP contribution in [-0.4, -0.2) is 65.8 Å². The van der Waals surface area contributed by atoms with E-state index in [-0.39, 0.29) is 11.9 Å². The van der Waals surface area contributed by atoms with Crippen LogP contribution in [0.5, 0.6) is 0 Å². The van der Waals surface area contributed by atoms with Crippen LogP contribution in [0, 0.1) is 0 Å². The first kappa shape index (κ1) is 15.6. The minimum absolute atomic E-state index is 0.0414. The van der Waals surface area contributed by atoms with Gasteiger partial charge in [0.1, 0.15) is 6.17 Å². The van der Waals surface area contributed by atoms with Gasteiger partial charge in [0.25, 0.3) is 0 Å². The van der Waals surface area contributed by atoms with Crippen LogP contribution in [0.1, 0.15) is 12.0 Å². The molecule has 0 bridgehead atoms. The fourth-order valence-corrected chi connectivity index (χ4v) is 3.78. The molecule has 0 spiro atoms. The summed E-state index contributed by atoms with van der Waals surface area (Å²) in [5.74, 6) is 0.0414. The third kappa shape index (κ3) is 2.91. The van der Waals surface area contributed by atoms with Gasteiger partial charge in [-0.2, -0.15) is 0 Å². The van der Waals surface area contributed by atoms with Crippen molar-refractivity contribution in [3.63, 3.8) is 0 Å². The Morgan fingerprint density at radius 2 is 2.12 bits per heavy atom. The molecule has 1 aromatic heterocycles. The van der Waals surface area contributed by atoms with Gasteiger partial charge >= 0.3 is 0 Å². The van der Waals surface area contributed by atoms with Crippen LogP contribution in [0.2, 0.25) is 0 Å². The quantitative estimate of drug-likeness (QED) is 0.935. The van der Waals surface area contributed by atoms with Crippen LogP contribution in [0.3, 0.4) is 0 Å². The summed E-state index contributed by atoms with van der Waals surface area (Å²) in [6.07, 6.45) is 1.26. The van der Waals surface area contributed by atoms with E-state index >= 15 is 0 Å². The molecule has 2 aliphatic heterocycles. The van der Waals surface area contributed by atoms with E-state index in [2.05, 4.69) is 11.1 Å². The maximum absolute atomic E-state index is 14.1. The second kappa shape index (κ2) is 6.53. The highest BCUT2D eigenvalue weighted by molar-refractivity contribution is 5.84. The number of benzene rings is 1. The van der Waals surface area contributed by atoms with E-state index < -0.39 is 6.17 Å². The monoisotopic (exact) mass is 331 g/mol. The number of hydrogen-bond donors (Lipinski definition) is 1. The molecule has 5 nitrogen and oxygen atoms in total. The Morgan fingerprint density at radius 1 is 1.29 bits per heavy atom. The summed E-state index contributed by atoms with van der Waals surface area (Å²) in [6, 6.07) is 7.74. The number of nitrogens with zero attached hydrogens (tertiary/aromatic N) is 2. The summed E-state index contributed by atoms with van der Waals surface area (Å²) in [5.41, 5.74) is 2.20. The Balaban J connectivity index is 1.54. The molecule has 2 atom stereocenters. The largest absolute Gasteiger partial charge is 0.378 e. The molecule has 2 aliphatic rings. The number of amides is 1. The van der Waals surface area contributed by atoms with E-state index in [9.17, 15) is 9.18 Å². The fourth-order valence-electron chi connectivity index (χ4n) is 3.78. The number of H-pyrrole nitrogens is 1. The number of aromatic amines is 1. The average Bonchev–Trinajstić information content (AvgIpc) is 3.22. The van der Waals surface area contributed by atoms with Crippen molar-refractivity contribution in [2.45, 2.75) is 25.2 Å². The molecule has 128 valence electrons. The fraction of sp³-hybridized carbons (Fsp3) is 0.500. The van der Waals surface area contributed by atoms with Crippen molar-refractivity contribution in [3.8, 4) is 0 Å². The predicted octanol–water partition coefficient (Wildman–Crippen LogP) is 1.94. The summed E-state index contributed by atoms with van der Waals surface area (Å²) in [6.45, 7) is 3.26. The first-order chi connectivity index (χ1) is 11.7. The number of hydrogen-bond acceptors (Lipinski definition) is 3. The summed E-state index contributed by atoms with van der Waals surface area (Å²) < 4.78 is 19.4. The van der Waals surface area contributed by atoms with Crippen molar-refractivity contribution in [2.24, 2.45) is 0 Å². The zero-order chi connectivity index (χ0) is 16.5. The standard InChI is InChI=1S/C18H22FN3O2/c19-14-10-17(18(23)21-6-8-24-9-7-21)22(12-14)11-13-2-1-3-16-15(13)4-5-20-16/h1-5,14,17,20H,6-12H2/t14-,17+/m1/s1. The molecule has 3 heterocycles. The number of morpholine rings is 1. The molecule has 1 amide bonds. The van der Waals surface area contributed by atoms with Crippen LogP contribution < -0.4 is 0 Å². The topological polar surface area (TPSA) is 48.6 Å². The van der Waals surface area contributed by atoms with Crippen molar-refractivity contribution in [1.82, 2.24) is 14.8 Å². The third-order valence-corrected chi connectivity index (χ3v) is 5.02. The van der Waals surface area contributed by atoms with Gasteiger partial charge in [-0.3, -0.25) is 9.69 Å². The first-order valence-corrected chi connectivity index (χ1v) is 8.52. The highest BCUT2D eigenvalue weighted by atomic mass is 19.1. The van der Waals surface area contributed by atoms with Crippen molar-refractivity contribution < 1.29 is 13.9 Å². The maximum atomic E-state index is 14.1. The Morgan fingerprint density at radius 3 is 2.96 bits per heavy atom. The van der Waals surface area contributed by atoms with Crippen LogP contribution in [0.15, 0.2) is 30.5 Å². The van der Waals surface area contributed by atoms with E-state index in [1.165, 1.54) is 0 Å². The minimum Gasteiger partial charge on any atom is -0.378 e. The number of rotatable bonds is 3. The number of aromatic nitrogens is 1. The van der Waals surface area contributed by atoms with Crippen LogP contribution in [-0.2, 0) is 16.1 Å². The zero-order valence-electron chi connectivity index (χ0n) is 13.6. The summed E-state index contributed by atoms with van der Waals surface area (Å²) in [5, 5.41) is 1.14. The number of carbonyl (C=O) groups is 1. The van der Waals surface area contributed by atoms with E-state index in [4.69, 9.17) is 4.74 Å². The van der Waals surface area contributed by atoms with E-state index in [0.29, 0.717) is 45.8 Å². The van der Waals surface area contributed by atoms with Gasteiger partial charge in [0.2, 0.25) is 5.91 Å². The Bertz CT molecular complexity index is 726. The summed E-state index contributed by atoms with van der Waals surface area (Å²) >= 11 is 0. The smallest absolute Gasteiger partial charge is 0.240 e. The molecule has 4 rings (SSSR count). The van der Waals surface area contributed by atoms with Gasteiger partial charge in [0, 0.05) is 49.7 Å². The minimum atomic E-state index is -0.939. The van der Waals surface area contributed by atoms with E-state index in [0.717, 1.165) is 16.5 Å². The van der Waals surface area contributed by atoms with Crippen molar-refractivity contribution in [3.05, 3.63) is 36.0 Å². The second-order valence-corrected chi connectivity index (χ2v) is 6.57. The number of fused-ring (bicyclic) bond motifs is 1. The molecule has 6 heteroatoms. The van der Waals surface area contributed by atoms with Gasteiger partial charge in [-0.15, -0.1) is 0 Å². The normalized spacial score (nSPS) is 25.5. The van der Waals surface area contributed by atoms with Crippen LogP contribution in [0.25, 0.3) is 10.9 Å². The molecule has 0 unspecified atom stereocenters. The molecular formula is C18H22FN3O2. The van der Waals surface area contributed by atoms with Crippen molar-refractivity contribution in [2.75, 3.05) is 32.8 Å². The molecule has 1 N–H and O–H groups in total. The van der Waals surface area contributed by atoms with Gasteiger partial charge < -0.3 is 14.6 Å². The first-order valence-electron chi connectivity index (χ1n) is 8.52. The highest BCUT2D eigenvalue weighted by Crippen LogP contribution is 2.27. The number of nitrogens with one attached hydrogen (secondary N) is 1. The Labute approximate surface area is 140 Å². The molecule has 1 aromatic carbocycles. The van der Waals surface area contributed by atoms with E-state index in [1.807, 2.05) is 34.2 Å². The van der Waals surface area contributed by atoms with Crippen LogP contribution >= 0.6 is 0 Å². The highest BCUT2D eigenvalue weighted by Gasteiger charge is 2.39. The number of likely N-dealkylation sites (tertiary alicyclic amines) is 1. The molecule has 0 aliphatic carbocycles. The molecule has 0 radical (unpaired) electrons. The number of halogens is 1. The Kier molecular flexibility index (Phi) is 4.24. The average molecular weight is 331 g/mol. The SMILES string of the molecule is O=C([C@@H]1C[C@@H](F)CN1Cc1cccc2[nH]ccc12)N1CCOCC1. The summed E-state index contributed by atoms with van der Waals surface area (Å²) in [4.78, 5) is 19.8. The molecular weight excluding hydrogens is 309 g/mol. The number of alkyl halides is 1. The number of ether oxygens (including phenoxy) is 1. The van der Waals surface area contributed by atoms with E-state index in [1.54, 1.807) is 0 Å². The summed E-state index contributed by atoms with van der Waals surface area (Å²) in [7, 11) is 0. The van der Waals surface area contributed by atoms with Crippen molar-refractivity contribution in [1.29, 1.82) is 0 Å². The van der Waals surface area contributed by atoms with Crippen LogP contribution in [0.4, 0.5) is 4.39 Å². The van der Waals surface area contributed by atoms with Crippen molar-refractivity contribution >= 4 is 16.8 Å². The molecule has 2 fully saturated rings. The predicted molar refractivity (Wildman–Crippen MR) is 89.4 cm³/mol. The second-order valence-electron chi connectivity index (χ2n) is 6.57. The lowest BCUT2D eigenvalue weighted by Crippen LogP contribution is -2.49. The van der Waals surface area contributed by atoms with Gasteiger partial charge in [-0.05, 0) is 17.7 Å². The zero-order valence-corrected chi connectivity index (χ0v) is 13.6. The number of carbonyl (C=O) groups excluding carboxylic acids is 1. The lowest BCUT2D eigenvalue weighted by molar-refractivity contribution is -0.140. The maximum Gasteiger partial charge on any atom is 0.240 e. The van der Waals surface area contributed by atoms with Gasteiger partial charge in [0.15, 0.2) is 0 Å². The third-order valence-electron chi connectivity index (χ3n) is 5.02. The van der Waals surface area contributed by atoms with Gasteiger partial charge in [0.05, 0.1) is 19.3 Å².